The van der Waals surface area contributed by atoms with Gasteiger partial charge in [-0.25, -0.2) is 4.79 Å². The molecule has 0 saturated carbocycles. The van der Waals surface area contributed by atoms with Crippen molar-refractivity contribution in [2.45, 2.75) is 13.0 Å². The second-order valence-corrected chi connectivity index (χ2v) is 6.90. The summed E-state index contributed by atoms with van der Waals surface area (Å²) in [6.45, 7) is 5.15. The number of H-pyrrole nitrogens is 1. The lowest BCUT2D eigenvalue weighted by atomic mass is 10.1. The number of aromatic amines is 1. The molecule has 0 atom stereocenters. The van der Waals surface area contributed by atoms with Gasteiger partial charge in [0.1, 0.15) is 13.2 Å². The second kappa shape index (κ2) is 7.37. The molecule has 7 heteroatoms. The summed E-state index contributed by atoms with van der Waals surface area (Å²) in [4.78, 5) is 33.1. The Hall–Kier alpha value is -2.54. The summed E-state index contributed by atoms with van der Waals surface area (Å²) in [5.41, 5.74) is 2.47. The van der Waals surface area contributed by atoms with Gasteiger partial charge in [-0.15, -0.1) is 0 Å². The monoisotopic (exact) mass is 356 g/mol. The predicted molar refractivity (Wildman–Crippen MR) is 97.7 cm³/mol. The van der Waals surface area contributed by atoms with Crippen molar-refractivity contribution in [1.29, 1.82) is 0 Å². The molecule has 2 aliphatic heterocycles. The fourth-order valence-electron chi connectivity index (χ4n) is 3.74. The van der Waals surface area contributed by atoms with Crippen LogP contribution in [-0.2, 0) is 16.1 Å². The minimum absolute atomic E-state index is 0.0124. The largest absolute Gasteiger partial charge is 0.448 e. The van der Waals surface area contributed by atoms with Crippen molar-refractivity contribution in [1.82, 2.24) is 19.7 Å². The van der Waals surface area contributed by atoms with Crippen molar-refractivity contribution < 1.29 is 14.3 Å². The molecule has 3 heterocycles. The van der Waals surface area contributed by atoms with E-state index in [0.717, 1.165) is 38.1 Å². The summed E-state index contributed by atoms with van der Waals surface area (Å²) >= 11 is 0. The van der Waals surface area contributed by atoms with Gasteiger partial charge in [0.05, 0.1) is 6.54 Å². The number of carbonyl (C=O) groups is 2. The third-order valence-electron chi connectivity index (χ3n) is 5.19. The summed E-state index contributed by atoms with van der Waals surface area (Å²) in [6.07, 6.45) is 2.54. The van der Waals surface area contributed by atoms with Crippen LogP contribution in [0.4, 0.5) is 4.79 Å². The number of ether oxygens (including phenoxy) is 1. The smallest absolute Gasteiger partial charge is 0.410 e. The van der Waals surface area contributed by atoms with E-state index in [1.807, 2.05) is 11.1 Å². The van der Waals surface area contributed by atoms with Crippen LogP contribution in [0, 0.1) is 0 Å². The summed E-state index contributed by atoms with van der Waals surface area (Å²) in [7, 11) is 0. The molecule has 0 unspecified atom stereocenters. The first-order chi connectivity index (χ1) is 12.7. The summed E-state index contributed by atoms with van der Waals surface area (Å²) in [6, 6.07) is 8.46. The van der Waals surface area contributed by atoms with E-state index < -0.39 is 0 Å². The van der Waals surface area contributed by atoms with Gasteiger partial charge in [0.15, 0.2) is 0 Å². The van der Waals surface area contributed by atoms with Gasteiger partial charge < -0.3 is 14.6 Å². The molecule has 1 aromatic heterocycles. The number of nitrogens with zero attached hydrogens (tertiary/aromatic N) is 3. The van der Waals surface area contributed by atoms with E-state index in [0.29, 0.717) is 19.7 Å². The first-order valence-electron chi connectivity index (χ1n) is 9.17. The normalized spacial score (nSPS) is 19.0. The van der Waals surface area contributed by atoms with Crippen molar-refractivity contribution in [3.63, 3.8) is 0 Å². The van der Waals surface area contributed by atoms with Gasteiger partial charge in [0.2, 0.25) is 5.91 Å². The Labute approximate surface area is 152 Å². The number of benzene rings is 1. The second-order valence-electron chi connectivity index (χ2n) is 6.90. The molecule has 4 rings (SSSR count). The number of fused-ring (bicyclic) bond motifs is 1. The standard InChI is InChI=1S/C19H24N4O3/c24-18(14-23-11-12-26-19(23)25)22-8-2-7-21(9-10-22)13-15-3-1-4-17-16(15)5-6-20-17/h1,3-6,20H,2,7-14H2. The molecule has 2 saturated heterocycles. The molecule has 2 aromatic rings. The molecule has 1 aromatic carbocycles. The van der Waals surface area contributed by atoms with Crippen LogP contribution in [0.3, 0.4) is 0 Å². The van der Waals surface area contributed by atoms with Crippen LogP contribution in [-0.4, -0.2) is 77.6 Å². The maximum atomic E-state index is 12.5. The van der Waals surface area contributed by atoms with Gasteiger partial charge in [-0.3, -0.25) is 14.6 Å². The van der Waals surface area contributed by atoms with E-state index in [4.69, 9.17) is 4.74 Å². The number of hydrogen-bond acceptors (Lipinski definition) is 4. The lowest BCUT2D eigenvalue weighted by Crippen LogP contribution is -2.42. The maximum absolute atomic E-state index is 12.5. The van der Waals surface area contributed by atoms with Crippen molar-refractivity contribution in [2.24, 2.45) is 0 Å². The molecule has 26 heavy (non-hydrogen) atoms. The first-order valence-corrected chi connectivity index (χ1v) is 9.17. The van der Waals surface area contributed by atoms with Crippen LogP contribution >= 0.6 is 0 Å². The average molecular weight is 356 g/mol. The fourth-order valence-corrected chi connectivity index (χ4v) is 3.74. The molecule has 2 aliphatic rings. The highest BCUT2D eigenvalue weighted by Gasteiger charge is 2.27. The quantitative estimate of drug-likeness (QED) is 0.905. The van der Waals surface area contributed by atoms with E-state index in [1.54, 1.807) is 0 Å². The van der Waals surface area contributed by atoms with Crippen LogP contribution in [0.25, 0.3) is 10.9 Å². The van der Waals surface area contributed by atoms with E-state index in [1.165, 1.54) is 15.8 Å². The van der Waals surface area contributed by atoms with E-state index in [-0.39, 0.29) is 18.5 Å². The molecule has 0 aliphatic carbocycles. The topological polar surface area (TPSA) is 68.9 Å². The minimum atomic E-state index is -0.380. The number of hydrogen-bond donors (Lipinski definition) is 1. The molecule has 0 radical (unpaired) electrons. The number of aromatic nitrogens is 1. The van der Waals surface area contributed by atoms with Crippen LogP contribution in [0.2, 0.25) is 0 Å². The summed E-state index contributed by atoms with van der Waals surface area (Å²) < 4.78 is 4.90. The van der Waals surface area contributed by atoms with Gasteiger partial charge in [-0.1, -0.05) is 12.1 Å². The van der Waals surface area contributed by atoms with Crippen LogP contribution in [0.15, 0.2) is 30.5 Å². The summed E-state index contributed by atoms with van der Waals surface area (Å²) in [5, 5.41) is 1.26. The van der Waals surface area contributed by atoms with E-state index >= 15 is 0 Å². The number of amides is 2. The zero-order valence-corrected chi connectivity index (χ0v) is 14.8. The molecule has 2 fully saturated rings. The molecular weight excluding hydrogens is 332 g/mol. The molecular formula is C19H24N4O3. The van der Waals surface area contributed by atoms with E-state index in [9.17, 15) is 9.59 Å². The Balaban J connectivity index is 1.35. The summed E-state index contributed by atoms with van der Waals surface area (Å²) in [5.74, 6) is 0.0124. The minimum Gasteiger partial charge on any atom is -0.448 e. The van der Waals surface area contributed by atoms with Gasteiger partial charge in [-0.2, -0.15) is 0 Å². The highest BCUT2D eigenvalue weighted by molar-refractivity contribution is 5.83. The Morgan fingerprint density at radius 3 is 2.88 bits per heavy atom. The third-order valence-corrected chi connectivity index (χ3v) is 5.19. The molecule has 0 bridgehead atoms. The Kier molecular flexibility index (Phi) is 4.79. The van der Waals surface area contributed by atoms with E-state index in [2.05, 4.69) is 34.1 Å². The van der Waals surface area contributed by atoms with Crippen LogP contribution in [0.1, 0.15) is 12.0 Å². The highest BCUT2D eigenvalue weighted by Crippen LogP contribution is 2.20. The lowest BCUT2D eigenvalue weighted by Gasteiger charge is -2.24. The maximum Gasteiger partial charge on any atom is 0.410 e. The van der Waals surface area contributed by atoms with Crippen LogP contribution in [0.5, 0.6) is 0 Å². The van der Waals surface area contributed by atoms with Gasteiger partial charge in [-0.05, 0) is 24.1 Å². The van der Waals surface area contributed by atoms with Gasteiger partial charge in [0.25, 0.3) is 0 Å². The third kappa shape index (κ3) is 3.53. The van der Waals surface area contributed by atoms with Crippen molar-refractivity contribution in [2.75, 3.05) is 45.9 Å². The average Bonchev–Trinajstić information content (AvgIpc) is 3.20. The first kappa shape index (κ1) is 16.9. The predicted octanol–water partition coefficient (Wildman–Crippen LogP) is 1.65. The molecule has 0 spiro atoms. The van der Waals surface area contributed by atoms with Gasteiger partial charge in [0, 0.05) is 49.8 Å². The fraction of sp³-hybridized carbons (Fsp3) is 0.474. The Morgan fingerprint density at radius 2 is 2.04 bits per heavy atom. The zero-order valence-electron chi connectivity index (χ0n) is 14.8. The van der Waals surface area contributed by atoms with Crippen molar-refractivity contribution in [3.05, 3.63) is 36.0 Å². The SMILES string of the molecule is O=C(CN1CCOC1=O)N1CCCN(Cc2cccc3[nH]ccc23)CC1. The Bertz CT molecular complexity index is 803. The number of nitrogens with one attached hydrogen (secondary N) is 1. The van der Waals surface area contributed by atoms with Crippen LogP contribution < -0.4 is 0 Å². The van der Waals surface area contributed by atoms with Crippen molar-refractivity contribution in [3.8, 4) is 0 Å². The molecule has 7 nitrogen and oxygen atoms in total. The Morgan fingerprint density at radius 1 is 1.12 bits per heavy atom. The van der Waals surface area contributed by atoms with Gasteiger partial charge >= 0.3 is 6.09 Å². The zero-order chi connectivity index (χ0) is 17.9. The number of carbonyl (C=O) groups excluding carboxylic acids is 2. The molecule has 1 N–H and O–H groups in total. The molecule has 2 amide bonds. The number of cyclic esters (lactones) is 1. The molecule has 138 valence electrons. The highest BCUT2D eigenvalue weighted by atomic mass is 16.6. The van der Waals surface area contributed by atoms with Crippen molar-refractivity contribution >= 4 is 22.9 Å². The number of rotatable bonds is 4. The lowest BCUT2D eigenvalue weighted by molar-refractivity contribution is -0.131.